The Morgan fingerprint density at radius 1 is 1.11 bits per heavy atom. The van der Waals surface area contributed by atoms with Crippen molar-refractivity contribution >= 4 is 34.0 Å². The van der Waals surface area contributed by atoms with E-state index in [-0.39, 0.29) is 12.1 Å². The first kappa shape index (κ1) is 29.0. The fraction of sp³-hybridized carbons (Fsp3) is 0.286. The van der Waals surface area contributed by atoms with Crippen LogP contribution in [0.5, 0.6) is 0 Å². The maximum atomic E-state index is 13.0. The van der Waals surface area contributed by atoms with Gasteiger partial charge in [0.1, 0.15) is 11.6 Å². The van der Waals surface area contributed by atoms with Crippen molar-refractivity contribution < 1.29 is 17.9 Å². The largest absolute Gasteiger partial charge is 0.416 e. The lowest BCUT2D eigenvalue weighted by Gasteiger charge is -2.20. The van der Waals surface area contributed by atoms with Crippen LogP contribution in [0.2, 0.25) is 0 Å². The maximum absolute atomic E-state index is 13.0. The molecule has 0 bridgehead atoms. The lowest BCUT2D eigenvalue weighted by molar-refractivity contribution is -0.137. The molecule has 3 aromatic rings. The van der Waals surface area contributed by atoms with Crippen LogP contribution in [-0.4, -0.2) is 29.2 Å². The fourth-order valence-electron chi connectivity index (χ4n) is 3.72. The molecule has 1 aliphatic heterocycles. The maximum Gasteiger partial charge on any atom is 0.416 e. The van der Waals surface area contributed by atoms with Crippen LogP contribution in [0, 0.1) is 12.8 Å². The number of hydrogen-bond donors (Lipinski definition) is 3. The highest BCUT2D eigenvalue weighted by Gasteiger charge is 2.30. The van der Waals surface area contributed by atoms with Crippen LogP contribution in [0.15, 0.2) is 65.8 Å². The summed E-state index contributed by atoms with van der Waals surface area (Å²) in [5.74, 6) is 1.04. The zero-order chi connectivity index (χ0) is 27.7. The molecule has 1 unspecified atom stereocenters. The summed E-state index contributed by atoms with van der Waals surface area (Å²) in [6, 6.07) is 10.4. The summed E-state index contributed by atoms with van der Waals surface area (Å²) in [5.41, 5.74) is 1.39. The molecule has 0 saturated heterocycles. The number of halogens is 4. The highest BCUT2D eigenvalue weighted by atomic mass is 35.5. The molecular formula is C28H29ClF3N5O. The van der Waals surface area contributed by atoms with Gasteiger partial charge in [-0.05, 0) is 74.2 Å². The summed E-state index contributed by atoms with van der Waals surface area (Å²) in [6.45, 7) is 5.52. The van der Waals surface area contributed by atoms with Crippen LogP contribution in [0.1, 0.15) is 36.8 Å². The fourth-order valence-corrected chi connectivity index (χ4v) is 3.98. The summed E-state index contributed by atoms with van der Waals surface area (Å²) in [5, 5.41) is 11.0. The topological polar surface area (TPSA) is 71.1 Å². The summed E-state index contributed by atoms with van der Waals surface area (Å²) in [4.78, 5) is 9.37. The average molecular weight is 544 g/mol. The van der Waals surface area contributed by atoms with Gasteiger partial charge in [-0.2, -0.15) is 13.2 Å². The van der Waals surface area contributed by atoms with E-state index in [1.807, 2.05) is 50.4 Å². The predicted octanol–water partition coefficient (Wildman–Crippen LogP) is 6.44. The third kappa shape index (κ3) is 7.71. The van der Waals surface area contributed by atoms with E-state index in [4.69, 9.17) is 21.3 Å². The molecule has 10 heteroatoms. The number of terminal acetylenes is 1. The molecule has 0 saturated carbocycles. The second kappa shape index (κ2) is 13.3. The highest BCUT2D eigenvalue weighted by Crippen LogP contribution is 2.33. The van der Waals surface area contributed by atoms with E-state index in [9.17, 15) is 13.2 Å². The zero-order valence-corrected chi connectivity index (χ0v) is 21.8. The van der Waals surface area contributed by atoms with E-state index < -0.39 is 11.7 Å². The highest BCUT2D eigenvalue weighted by molar-refractivity contribution is 6.30. The Bertz CT molecular complexity index is 1300. The third-order valence-corrected chi connectivity index (χ3v) is 5.82. The van der Waals surface area contributed by atoms with Crippen LogP contribution < -0.4 is 16.0 Å². The van der Waals surface area contributed by atoms with Gasteiger partial charge in [0.2, 0.25) is 0 Å². The molecule has 200 valence electrons. The van der Waals surface area contributed by atoms with E-state index >= 15 is 0 Å². The van der Waals surface area contributed by atoms with E-state index in [2.05, 4.69) is 33.8 Å². The van der Waals surface area contributed by atoms with Gasteiger partial charge in [-0.1, -0.05) is 17.7 Å². The zero-order valence-electron chi connectivity index (χ0n) is 21.0. The van der Waals surface area contributed by atoms with Crippen LogP contribution in [0.3, 0.4) is 0 Å². The second-order valence-corrected chi connectivity index (χ2v) is 9.01. The average Bonchev–Trinajstić information content (AvgIpc) is 2.89. The van der Waals surface area contributed by atoms with Crippen LogP contribution in [-0.2, 0) is 17.5 Å². The molecule has 38 heavy (non-hydrogen) atoms. The van der Waals surface area contributed by atoms with Crippen molar-refractivity contribution in [3.8, 4) is 12.8 Å². The molecule has 3 N–H and O–H groups in total. The summed E-state index contributed by atoms with van der Waals surface area (Å²) >= 11 is 6.40. The van der Waals surface area contributed by atoms with E-state index in [1.165, 1.54) is 12.1 Å². The summed E-state index contributed by atoms with van der Waals surface area (Å²) < 4.78 is 44.4. The monoisotopic (exact) mass is 543 g/mol. The summed E-state index contributed by atoms with van der Waals surface area (Å²) in [7, 11) is 0. The molecule has 6 nitrogen and oxygen atoms in total. The number of benzene rings is 2. The minimum atomic E-state index is -4.40. The second-order valence-electron chi connectivity index (χ2n) is 8.57. The Morgan fingerprint density at radius 3 is 2.50 bits per heavy atom. The Kier molecular flexibility index (Phi) is 10.1. The van der Waals surface area contributed by atoms with Crippen molar-refractivity contribution in [2.24, 2.45) is 0 Å². The number of allylic oxidation sites excluding steroid dienone is 2. The molecular weight excluding hydrogens is 515 g/mol. The standard InChI is InChI=1S/C26H27ClF3N5O.C2H2/c1-16(2)36-13-12-31-15-23-34-22-14-17(24-21(27)4-3-11-32-24)5-10-20(22)25(35-23)33-19-8-6-18(7-9-19)26(28,29)30;1-2/h3-11,14,16,24,31-32H,12-13,15H2,1-2H3,(H,33,34,35);1-2H. The molecule has 0 fully saturated rings. The molecule has 1 aliphatic rings. The molecule has 1 atom stereocenters. The van der Waals surface area contributed by atoms with Crippen LogP contribution >= 0.6 is 11.6 Å². The number of rotatable bonds is 9. The van der Waals surface area contributed by atoms with Gasteiger partial charge in [-0.25, -0.2) is 9.97 Å². The van der Waals surface area contributed by atoms with Crippen LogP contribution in [0.4, 0.5) is 24.7 Å². The van der Waals surface area contributed by atoms with E-state index in [1.54, 1.807) is 0 Å². The number of nitrogens with one attached hydrogen (secondary N) is 3. The third-order valence-electron chi connectivity index (χ3n) is 5.48. The lowest BCUT2D eigenvalue weighted by Crippen LogP contribution is -2.22. The SMILES string of the molecule is C#C.CC(C)OCCNCc1nc(Nc2ccc(C(F)(F)F)cc2)c2ccc(C3NC=CC=C3Cl)cc2n1. The van der Waals surface area contributed by atoms with Gasteiger partial charge in [-0.15, -0.1) is 12.8 Å². The summed E-state index contributed by atoms with van der Waals surface area (Å²) in [6.07, 6.45) is 9.24. The number of fused-ring (bicyclic) bond motifs is 1. The Balaban J connectivity index is 0.00000195. The Hall–Kier alpha value is -3.58. The first-order valence-corrected chi connectivity index (χ1v) is 12.3. The first-order valence-electron chi connectivity index (χ1n) is 11.9. The van der Waals surface area contributed by atoms with Crippen molar-refractivity contribution in [2.45, 2.75) is 38.7 Å². The van der Waals surface area contributed by atoms with Crippen molar-refractivity contribution in [2.75, 3.05) is 18.5 Å². The van der Waals surface area contributed by atoms with Gasteiger partial charge in [0.05, 0.1) is 36.4 Å². The quantitative estimate of drug-likeness (QED) is 0.213. The van der Waals surface area contributed by atoms with Crippen molar-refractivity contribution in [3.63, 3.8) is 0 Å². The first-order chi connectivity index (χ1) is 18.2. The number of ether oxygens (including phenoxy) is 1. The number of anilines is 2. The van der Waals surface area contributed by atoms with Crippen molar-refractivity contribution in [1.82, 2.24) is 20.6 Å². The molecule has 2 aromatic carbocycles. The van der Waals surface area contributed by atoms with Gasteiger partial charge in [0.25, 0.3) is 0 Å². The van der Waals surface area contributed by atoms with Crippen molar-refractivity contribution in [3.05, 3.63) is 82.8 Å². The minimum Gasteiger partial charge on any atom is -0.379 e. The van der Waals surface area contributed by atoms with E-state index in [0.29, 0.717) is 47.6 Å². The van der Waals surface area contributed by atoms with E-state index in [0.717, 1.165) is 23.1 Å². The number of nitrogens with zero attached hydrogens (tertiary/aromatic N) is 2. The molecule has 2 heterocycles. The molecule has 0 radical (unpaired) electrons. The number of hydrogen-bond acceptors (Lipinski definition) is 6. The van der Waals surface area contributed by atoms with Gasteiger partial charge in [0, 0.05) is 22.7 Å². The van der Waals surface area contributed by atoms with Crippen LogP contribution in [0.25, 0.3) is 10.9 Å². The molecule has 0 aliphatic carbocycles. The number of alkyl halides is 3. The van der Waals surface area contributed by atoms with Gasteiger partial charge in [-0.3, -0.25) is 0 Å². The van der Waals surface area contributed by atoms with Gasteiger partial charge >= 0.3 is 6.18 Å². The normalized spacial score (nSPS) is 15.0. The molecule has 1 aromatic heterocycles. The lowest BCUT2D eigenvalue weighted by atomic mass is 10.0. The Morgan fingerprint density at radius 2 is 1.84 bits per heavy atom. The number of dihydropyridines is 1. The smallest absolute Gasteiger partial charge is 0.379 e. The minimum absolute atomic E-state index is 0.144. The number of aromatic nitrogens is 2. The Labute approximate surface area is 225 Å². The van der Waals surface area contributed by atoms with Gasteiger partial charge in [0.15, 0.2) is 0 Å². The van der Waals surface area contributed by atoms with Gasteiger partial charge < -0.3 is 20.7 Å². The molecule has 0 amide bonds. The molecule has 0 spiro atoms. The predicted molar refractivity (Wildman–Crippen MR) is 146 cm³/mol. The van der Waals surface area contributed by atoms with Crippen molar-refractivity contribution in [1.29, 1.82) is 0 Å². The molecule has 4 rings (SSSR count).